The van der Waals surface area contributed by atoms with Crippen molar-refractivity contribution in [1.82, 2.24) is 15.1 Å². The van der Waals surface area contributed by atoms with Gasteiger partial charge in [-0.25, -0.2) is 4.98 Å². The fraction of sp³-hybridized carbons (Fsp3) is 0.222. The van der Waals surface area contributed by atoms with Crippen LogP contribution in [0.1, 0.15) is 5.82 Å². The average Bonchev–Trinajstić information content (AvgIpc) is 2.72. The van der Waals surface area contributed by atoms with Crippen molar-refractivity contribution < 1.29 is 4.52 Å². The molecule has 5 heteroatoms. The summed E-state index contributed by atoms with van der Waals surface area (Å²) in [4.78, 5) is 8.03. The molecular weight excluding hydrogens is 180 g/mol. The van der Waals surface area contributed by atoms with Crippen molar-refractivity contribution in [3.05, 3.63) is 36.6 Å². The molecule has 14 heavy (non-hydrogen) atoms. The van der Waals surface area contributed by atoms with E-state index in [2.05, 4.69) is 25.0 Å². The van der Waals surface area contributed by atoms with E-state index < -0.39 is 0 Å². The van der Waals surface area contributed by atoms with Crippen LogP contribution in [0, 0.1) is 0 Å². The zero-order valence-electron chi connectivity index (χ0n) is 7.55. The van der Waals surface area contributed by atoms with E-state index >= 15 is 0 Å². The molecule has 1 N–H and O–H groups in total. The lowest BCUT2D eigenvalue weighted by Gasteiger charge is -2.01. The van der Waals surface area contributed by atoms with Crippen LogP contribution in [0.4, 0.5) is 5.82 Å². The lowest BCUT2D eigenvalue weighted by atomic mass is 10.4. The number of hydrogen-bond donors (Lipinski definition) is 1. The van der Waals surface area contributed by atoms with Gasteiger partial charge in [0.15, 0.2) is 5.82 Å². The molecule has 0 saturated carbocycles. The third kappa shape index (κ3) is 2.29. The van der Waals surface area contributed by atoms with Gasteiger partial charge in [0, 0.05) is 19.2 Å². The van der Waals surface area contributed by atoms with Crippen molar-refractivity contribution >= 4 is 5.82 Å². The molecule has 2 heterocycles. The zero-order chi connectivity index (χ0) is 9.64. The van der Waals surface area contributed by atoms with Gasteiger partial charge in [0.25, 0.3) is 0 Å². The Hall–Kier alpha value is -1.91. The molecule has 0 aliphatic rings. The molecule has 0 unspecified atom stereocenters. The molecule has 2 aromatic rings. The summed E-state index contributed by atoms with van der Waals surface area (Å²) >= 11 is 0. The summed E-state index contributed by atoms with van der Waals surface area (Å²) < 4.78 is 4.61. The average molecular weight is 190 g/mol. The number of hydrogen-bond acceptors (Lipinski definition) is 5. The number of nitrogens with zero attached hydrogens (tertiary/aromatic N) is 3. The Morgan fingerprint density at radius 1 is 1.29 bits per heavy atom. The van der Waals surface area contributed by atoms with E-state index in [1.807, 2.05) is 18.2 Å². The standard InChI is InChI=1S/C9H10N4O/c1-2-5-10-8(3-1)11-6-4-9-12-7-14-13-9/h1-3,5,7H,4,6H2,(H,10,11). The first-order valence-electron chi connectivity index (χ1n) is 4.35. The van der Waals surface area contributed by atoms with Gasteiger partial charge in [0.1, 0.15) is 5.82 Å². The Balaban J connectivity index is 1.79. The Kier molecular flexibility index (Phi) is 2.70. The first-order chi connectivity index (χ1) is 6.95. The van der Waals surface area contributed by atoms with Crippen molar-refractivity contribution in [2.45, 2.75) is 6.42 Å². The number of anilines is 1. The number of rotatable bonds is 4. The van der Waals surface area contributed by atoms with Crippen LogP contribution in [0.25, 0.3) is 0 Å². The van der Waals surface area contributed by atoms with E-state index in [4.69, 9.17) is 0 Å². The van der Waals surface area contributed by atoms with E-state index in [0.29, 0.717) is 5.82 Å². The highest BCUT2D eigenvalue weighted by Gasteiger charge is 1.97. The summed E-state index contributed by atoms with van der Waals surface area (Å²) in [7, 11) is 0. The number of aromatic nitrogens is 3. The van der Waals surface area contributed by atoms with Gasteiger partial charge in [0.2, 0.25) is 6.39 Å². The van der Waals surface area contributed by atoms with Crippen molar-refractivity contribution in [2.24, 2.45) is 0 Å². The van der Waals surface area contributed by atoms with Crippen molar-refractivity contribution in [3.8, 4) is 0 Å². The van der Waals surface area contributed by atoms with Crippen LogP contribution in [0.5, 0.6) is 0 Å². The maximum Gasteiger partial charge on any atom is 0.213 e. The van der Waals surface area contributed by atoms with Gasteiger partial charge >= 0.3 is 0 Å². The summed E-state index contributed by atoms with van der Waals surface area (Å²) in [6.45, 7) is 0.747. The molecule has 0 aliphatic heterocycles. The van der Waals surface area contributed by atoms with Crippen LogP contribution in [0.2, 0.25) is 0 Å². The highest BCUT2D eigenvalue weighted by atomic mass is 16.5. The molecule has 0 spiro atoms. The van der Waals surface area contributed by atoms with E-state index in [-0.39, 0.29) is 0 Å². The first kappa shape index (κ1) is 8.68. The quantitative estimate of drug-likeness (QED) is 0.782. The predicted molar refractivity (Wildman–Crippen MR) is 50.7 cm³/mol. The lowest BCUT2D eigenvalue weighted by molar-refractivity contribution is 0.410. The molecule has 0 saturated heterocycles. The van der Waals surface area contributed by atoms with E-state index in [1.54, 1.807) is 6.20 Å². The smallest absolute Gasteiger partial charge is 0.213 e. The van der Waals surface area contributed by atoms with Crippen molar-refractivity contribution in [2.75, 3.05) is 11.9 Å². The molecule has 2 aromatic heterocycles. The molecule has 0 radical (unpaired) electrons. The van der Waals surface area contributed by atoms with Gasteiger partial charge in [-0.2, -0.15) is 4.98 Å². The van der Waals surface area contributed by atoms with E-state index in [1.165, 1.54) is 6.39 Å². The zero-order valence-corrected chi connectivity index (χ0v) is 7.55. The van der Waals surface area contributed by atoms with Crippen LogP contribution in [0.3, 0.4) is 0 Å². The van der Waals surface area contributed by atoms with Gasteiger partial charge in [-0.3, -0.25) is 0 Å². The third-order valence-corrected chi connectivity index (χ3v) is 1.73. The fourth-order valence-electron chi connectivity index (χ4n) is 1.07. The summed E-state index contributed by atoms with van der Waals surface area (Å²) in [6.07, 6.45) is 3.81. The normalized spacial score (nSPS) is 10.0. The Labute approximate surface area is 81.2 Å². The van der Waals surface area contributed by atoms with Gasteiger partial charge in [-0.1, -0.05) is 11.2 Å². The highest BCUT2D eigenvalue weighted by molar-refractivity contribution is 5.32. The molecular formula is C9H10N4O. The molecule has 0 bridgehead atoms. The van der Waals surface area contributed by atoms with E-state index in [9.17, 15) is 0 Å². The van der Waals surface area contributed by atoms with Crippen LogP contribution < -0.4 is 5.32 Å². The van der Waals surface area contributed by atoms with Crippen LogP contribution in [-0.4, -0.2) is 21.7 Å². The molecule has 2 rings (SSSR count). The number of pyridine rings is 1. The van der Waals surface area contributed by atoms with Crippen molar-refractivity contribution in [1.29, 1.82) is 0 Å². The summed E-state index contributed by atoms with van der Waals surface area (Å²) in [6, 6.07) is 5.73. The topological polar surface area (TPSA) is 63.8 Å². The van der Waals surface area contributed by atoms with Crippen LogP contribution in [-0.2, 0) is 6.42 Å². The van der Waals surface area contributed by atoms with E-state index in [0.717, 1.165) is 18.8 Å². The highest BCUT2D eigenvalue weighted by Crippen LogP contribution is 1.99. The van der Waals surface area contributed by atoms with Crippen LogP contribution >= 0.6 is 0 Å². The molecule has 0 atom stereocenters. The molecule has 0 aromatic carbocycles. The predicted octanol–water partition coefficient (Wildman–Crippen LogP) is 1.12. The summed E-state index contributed by atoms with van der Waals surface area (Å²) in [5.41, 5.74) is 0. The first-order valence-corrected chi connectivity index (χ1v) is 4.35. The Morgan fingerprint density at radius 2 is 2.29 bits per heavy atom. The summed E-state index contributed by atoms with van der Waals surface area (Å²) in [5, 5.41) is 6.85. The third-order valence-electron chi connectivity index (χ3n) is 1.73. The molecule has 72 valence electrons. The summed E-state index contributed by atoms with van der Waals surface area (Å²) in [5.74, 6) is 1.56. The Morgan fingerprint density at radius 3 is 3.00 bits per heavy atom. The number of nitrogens with one attached hydrogen (secondary N) is 1. The van der Waals surface area contributed by atoms with Gasteiger partial charge in [0.05, 0.1) is 0 Å². The molecule has 0 amide bonds. The molecule has 5 nitrogen and oxygen atoms in total. The second kappa shape index (κ2) is 4.36. The minimum absolute atomic E-state index is 0.702. The minimum Gasteiger partial charge on any atom is -0.370 e. The second-order valence-electron chi connectivity index (χ2n) is 2.74. The van der Waals surface area contributed by atoms with Crippen molar-refractivity contribution in [3.63, 3.8) is 0 Å². The maximum atomic E-state index is 4.61. The van der Waals surface area contributed by atoms with Crippen LogP contribution in [0.15, 0.2) is 35.3 Å². The maximum absolute atomic E-state index is 4.61. The van der Waals surface area contributed by atoms with Gasteiger partial charge in [-0.05, 0) is 12.1 Å². The SMILES string of the molecule is c1ccc(NCCc2ncon2)nc1. The lowest BCUT2D eigenvalue weighted by Crippen LogP contribution is -2.06. The van der Waals surface area contributed by atoms with Gasteiger partial charge < -0.3 is 9.84 Å². The Bertz CT molecular complexity index is 360. The second-order valence-corrected chi connectivity index (χ2v) is 2.74. The molecule has 0 aliphatic carbocycles. The largest absolute Gasteiger partial charge is 0.370 e. The fourth-order valence-corrected chi connectivity index (χ4v) is 1.07. The monoisotopic (exact) mass is 190 g/mol. The molecule has 0 fully saturated rings. The van der Waals surface area contributed by atoms with Gasteiger partial charge in [-0.15, -0.1) is 0 Å². The minimum atomic E-state index is 0.702.